The van der Waals surface area contributed by atoms with Crippen molar-refractivity contribution in [1.82, 2.24) is 0 Å². The third-order valence-electron chi connectivity index (χ3n) is 3.43. The van der Waals surface area contributed by atoms with E-state index in [0.717, 1.165) is 0 Å². The maximum Gasteiger partial charge on any atom is 0.0482 e. The molecule has 0 N–H and O–H groups in total. The monoisotopic (exact) mass is 219 g/mol. The molecule has 83 valence electrons. The van der Waals surface area contributed by atoms with E-state index in [0.29, 0.717) is 5.54 Å². The minimum Gasteiger partial charge on any atom is -0.0693 e. The van der Waals surface area contributed by atoms with Crippen LogP contribution in [-0.2, 0) is 5.41 Å². The zero-order chi connectivity index (χ0) is 11.7. The zero-order valence-corrected chi connectivity index (χ0v) is 11.7. The summed E-state index contributed by atoms with van der Waals surface area (Å²) < 4.78 is 0. The second kappa shape index (κ2) is 4.13. The lowest BCUT2D eigenvalue weighted by molar-refractivity contribution is 0.519. The lowest BCUT2D eigenvalue weighted by Gasteiger charge is -2.40. The van der Waals surface area contributed by atoms with Gasteiger partial charge in [-0.15, -0.1) is 0 Å². The van der Waals surface area contributed by atoms with Gasteiger partial charge in [-0.25, -0.2) is 0 Å². The van der Waals surface area contributed by atoms with Crippen molar-refractivity contribution in [3.63, 3.8) is 0 Å². The lowest BCUT2D eigenvalue weighted by atomic mass is 9.82. The Morgan fingerprint density at radius 1 is 1.07 bits per heavy atom. The van der Waals surface area contributed by atoms with Gasteiger partial charge in [0.15, 0.2) is 0 Å². The van der Waals surface area contributed by atoms with Crippen LogP contribution < -0.4 is 0 Å². The predicted molar refractivity (Wildman–Crippen MR) is 71.9 cm³/mol. The Hall–Kier alpha value is -0.563. The fourth-order valence-electron chi connectivity index (χ4n) is 2.15. The highest BCUT2D eigenvalue weighted by Crippen LogP contribution is 2.41. The van der Waals surface area contributed by atoms with Crippen LogP contribution in [0, 0.1) is 6.92 Å². The van der Waals surface area contributed by atoms with Gasteiger partial charge >= 0.3 is 0 Å². The SMILES string of the molecule is [CH2]C(C(C)(C)c1ccccc1)[Si](C)(C)C. The summed E-state index contributed by atoms with van der Waals surface area (Å²) in [4.78, 5) is 0. The Morgan fingerprint density at radius 2 is 1.53 bits per heavy atom. The van der Waals surface area contributed by atoms with Gasteiger partial charge in [-0.05, 0) is 16.5 Å². The van der Waals surface area contributed by atoms with E-state index >= 15 is 0 Å². The van der Waals surface area contributed by atoms with Crippen LogP contribution >= 0.6 is 0 Å². The molecule has 1 rings (SSSR count). The first-order valence-electron chi connectivity index (χ1n) is 5.65. The molecule has 1 radical (unpaired) electrons. The largest absolute Gasteiger partial charge is 0.0693 e. The molecule has 0 amide bonds. The third-order valence-corrected chi connectivity index (χ3v) is 6.25. The van der Waals surface area contributed by atoms with Crippen molar-refractivity contribution in [1.29, 1.82) is 0 Å². The van der Waals surface area contributed by atoms with Gasteiger partial charge in [0.25, 0.3) is 0 Å². The molecule has 0 spiro atoms. The maximum absolute atomic E-state index is 4.42. The zero-order valence-electron chi connectivity index (χ0n) is 10.7. The minimum absolute atomic E-state index is 0.186. The second-order valence-corrected chi connectivity index (χ2v) is 11.4. The molecule has 0 aromatic heterocycles. The van der Waals surface area contributed by atoms with Crippen molar-refractivity contribution in [3.05, 3.63) is 42.8 Å². The van der Waals surface area contributed by atoms with Crippen LogP contribution in [0.2, 0.25) is 25.2 Å². The summed E-state index contributed by atoms with van der Waals surface area (Å²) in [5.41, 5.74) is 2.13. The predicted octanol–water partition coefficient (Wildman–Crippen LogP) is 4.51. The van der Waals surface area contributed by atoms with Gasteiger partial charge in [-0.2, -0.15) is 0 Å². The van der Waals surface area contributed by atoms with E-state index < -0.39 is 8.07 Å². The molecule has 15 heavy (non-hydrogen) atoms. The number of hydrogen-bond acceptors (Lipinski definition) is 0. The molecular weight excluding hydrogens is 196 g/mol. The van der Waals surface area contributed by atoms with Gasteiger partial charge < -0.3 is 0 Å². The summed E-state index contributed by atoms with van der Waals surface area (Å²) in [6.45, 7) is 16.2. The first kappa shape index (κ1) is 12.5. The molecule has 1 heteroatoms. The molecule has 0 aliphatic carbocycles. The Morgan fingerprint density at radius 3 is 1.93 bits per heavy atom. The molecule has 0 bridgehead atoms. The highest BCUT2D eigenvalue weighted by molar-refractivity contribution is 6.78. The number of benzene rings is 1. The standard InChI is InChI=1S/C14H23Si/c1-12(15(4,5)6)14(2,3)13-10-8-7-9-11-13/h7-12H,1H2,2-6H3. The van der Waals surface area contributed by atoms with E-state index in [4.69, 9.17) is 0 Å². The molecule has 1 aromatic carbocycles. The fraction of sp³-hybridized carbons (Fsp3) is 0.500. The Bertz CT molecular complexity index is 306. The van der Waals surface area contributed by atoms with E-state index in [1.165, 1.54) is 5.56 Å². The van der Waals surface area contributed by atoms with Crippen LogP contribution in [0.1, 0.15) is 19.4 Å². The summed E-state index contributed by atoms with van der Waals surface area (Å²) in [7, 11) is -1.19. The highest BCUT2D eigenvalue weighted by Gasteiger charge is 2.36. The third kappa shape index (κ3) is 2.72. The average molecular weight is 219 g/mol. The molecule has 1 aromatic rings. The van der Waals surface area contributed by atoms with Crippen LogP contribution in [0.4, 0.5) is 0 Å². The first-order valence-corrected chi connectivity index (χ1v) is 9.22. The Kier molecular flexibility index (Phi) is 3.44. The van der Waals surface area contributed by atoms with Crippen molar-refractivity contribution in [2.24, 2.45) is 0 Å². The van der Waals surface area contributed by atoms with E-state index in [1.54, 1.807) is 0 Å². The van der Waals surface area contributed by atoms with Gasteiger partial charge in [0, 0.05) is 8.07 Å². The number of hydrogen-bond donors (Lipinski definition) is 0. The normalized spacial score (nSPS) is 15.1. The van der Waals surface area contributed by atoms with E-state index in [1.807, 2.05) is 0 Å². The molecule has 0 fully saturated rings. The molecule has 0 saturated carbocycles. The van der Waals surface area contributed by atoms with Gasteiger partial charge in [0.1, 0.15) is 0 Å². The Labute approximate surface area is 95.7 Å². The molecule has 1 unspecified atom stereocenters. The molecule has 0 aliphatic rings. The summed E-state index contributed by atoms with van der Waals surface area (Å²) in [6, 6.07) is 10.8. The highest BCUT2D eigenvalue weighted by atomic mass is 28.3. The first-order chi connectivity index (χ1) is 6.76. The average Bonchev–Trinajstić information content (AvgIpc) is 2.16. The smallest absolute Gasteiger partial charge is 0.0482 e. The van der Waals surface area contributed by atoms with Crippen LogP contribution in [0.3, 0.4) is 0 Å². The van der Waals surface area contributed by atoms with E-state index in [-0.39, 0.29) is 5.41 Å². The van der Waals surface area contributed by atoms with Crippen molar-refractivity contribution < 1.29 is 0 Å². The van der Waals surface area contributed by atoms with Gasteiger partial charge in [-0.3, -0.25) is 0 Å². The van der Waals surface area contributed by atoms with Crippen molar-refractivity contribution >= 4 is 8.07 Å². The van der Waals surface area contributed by atoms with Crippen LogP contribution in [0.25, 0.3) is 0 Å². The molecule has 1 atom stereocenters. The van der Waals surface area contributed by atoms with Crippen LogP contribution in [0.15, 0.2) is 30.3 Å². The summed E-state index contributed by atoms with van der Waals surface area (Å²) >= 11 is 0. The van der Waals surface area contributed by atoms with Crippen LogP contribution in [-0.4, -0.2) is 8.07 Å². The van der Waals surface area contributed by atoms with Gasteiger partial charge in [0.05, 0.1) is 0 Å². The van der Waals surface area contributed by atoms with Crippen LogP contribution in [0.5, 0.6) is 0 Å². The maximum atomic E-state index is 4.42. The van der Waals surface area contributed by atoms with Crippen molar-refractivity contribution in [3.8, 4) is 0 Å². The Balaban J connectivity index is 3.03. The fourth-order valence-corrected chi connectivity index (χ4v) is 4.48. The van der Waals surface area contributed by atoms with E-state index in [9.17, 15) is 0 Å². The summed E-state index contributed by atoms with van der Waals surface area (Å²) in [5, 5.41) is 0. The molecular formula is C14H23Si. The second-order valence-electron chi connectivity index (χ2n) is 6.01. The molecule has 0 nitrogen and oxygen atoms in total. The topological polar surface area (TPSA) is 0 Å². The minimum atomic E-state index is -1.19. The molecule has 0 heterocycles. The van der Waals surface area contributed by atoms with Crippen molar-refractivity contribution in [2.45, 2.75) is 44.4 Å². The molecule has 0 aliphatic heterocycles. The van der Waals surface area contributed by atoms with Gasteiger partial charge in [-0.1, -0.05) is 70.7 Å². The van der Waals surface area contributed by atoms with Gasteiger partial charge in [0.2, 0.25) is 0 Å². The lowest BCUT2D eigenvalue weighted by Crippen LogP contribution is -2.38. The summed E-state index contributed by atoms with van der Waals surface area (Å²) in [5.74, 6) is 0. The van der Waals surface area contributed by atoms with E-state index in [2.05, 4.69) is 70.7 Å². The molecule has 0 saturated heterocycles. The quantitative estimate of drug-likeness (QED) is 0.656. The van der Waals surface area contributed by atoms with Crippen molar-refractivity contribution in [2.75, 3.05) is 0 Å². The summed E-state index contributed by atoms with van der Waals surface area (Å²) in [6.07, 6.45) is 0. The number of rotatable bonds is 3.